The molecular weight excluding hydrogens is 462 g/mol. The Morgan fingerprint density at radius 3 is 2.58 bits per heavy atom. The standard InChI is InChI=1S/C19H28BrCl3O3/c1-12(2)16-8-7-13(3)10-18(16)25-15(9-17(24)26-18)6-4-5-14(11-20)19(21,22)23/h9,12-14,16H,4-8,10-11H2,1-3H3/t13-,14?,16+,18+/m1/s1. The number of rotatable bonds is 6. The first-order valence-electron chi connectivity index (χ1n) is 9.32. The molecular formula is C19H28BrCl3O3. The molecule has 1 spiro atoms. The number of hydrogen-bond acceptors (Lipinski definition) is 3. The fourth-order valence-corrected chi connectivity index (χ4v) is 6.00. The van der Waals surface area contributed by atoms with Crippen LogP contribution < -0.4 is 0 Å². The Bertz CT molecular complexity index is 533. The fraction of sp³-hybridized carbons (Fsp3) is 0.842. The molecule has 1 unspecified atom stereocenters. The van der Waals surface area contributed by atoms with Crippen LogP contribution in [0.25, 0.3) is 0 Å². The van der Waals surface area contributed by atoms with Crippen molar-refractivity contribution in [2.24, 2.45) is 23.7 Å². The first-order chi connectivity index (χ1) is 12.1. The molecule has 1 aliphatic carbocycles. The van der Waals surface area contributed by atoms with Gasteiger partial charge < -0.3 is 9.47 Å². The highest BCUT2D eigenvalue weighted by Crippen LogP contribution is 2.47. The van der Waals surface area contributed by atoms with Crippen molar-refractivity contribution in [3.05, 3.63) is 11.8 Å². The molecule has 1 heterocycles. The van der Waals surface area contributed by atoms with Crippen molar-refractivity contribution < 1.29 is 14.3 Å². The molecule has 1 aliphatic heterocycles. The highest BCUT2D eigenvalue weighted by molar-refractivity contribution is 9.09. The van der Waals surface area contributed by atoms with Gasteiger partial charge in [-0.1, -0.05) is 71.5 Å². The summed E-state index contributed by atoms with van der Waals surface area (Å²) in [4.78, 5) is 12.3. The molecule has 0 aromatic carbocycles. The number of carbonyl (C=O) groups excluding carboxylic acids is 1. The minimum atomic E-state index is -1.30. The quantitative estimate of drug-likeness (QED) is 0.304. The fourth-order valence-electron chi connectivity index (χ4n) is 4.08. The van der Waals surface area contributed by atoms with Gasteiger partial charge in [0.05, 0.1) is 6.08 Å². The molecule has 1 fully saturated rings. The van der Waals surface area contributed by atoms with E-state index in [0.717, 1.165) is 32.1 Å². The van der Waals surface area contributed by atoms with Gasteiger partial charge in [-0.3, -0.25) is 0 Å². The Kier molecular flexibility index (Phi) is 8.05. The van der Waals surface area contributed by atoms with Crippen molar-refractivity contribution in [1.29, 1.82) is 0 Å². The summed E-state index contributed by atoms with van der Waals surface area (Å²) in [6.45, 7) is 6.52. The first kappa shape index (κ1) is 22.6. The number of carbonyl (C=O) groups is 1. The van der Waals surface area contributed by atoms with E-state index < -0.39 is 9.58 Å². The van der Waals surface area contributed by atoms with Crippen molar-refractivity contribution in [3.8, 4) is 0 Å². The van der Waals surface area contributed by atoms with E-state index >= 15 is 0 Å². The highest BCUT2D eigenvalue weighted by Gasteiger charge is 2.51. The molecule has 2 rings (SSSR count). The second kappa shape index (κ2) is 9.24. The van der Waals surface area contributed by atoms with Gasteiger partial charge in [-0.15, -0.1) is 0 Å². The van der Waals surface area contributed by atoms with Crippen LogP contribution in [0.4, 0.5) is 0 Å². The van der Waals surface area contributed by atoms with Gasteiger partial charge in [-0.05, 0) is 37.5 Å². The minimum absolute atomic E-state index is 0.0873. The molecule has 26 heavy (non-hydrogen) atoms. The molecule has 0 N–H and O–H groups in total. The van der Waals surface area contributed by atoms with E-state index in [-0.39, 0.29) is 17.8 Å². The second-order valence-electron chi connectivity index (χ2n) is 7.97. The maximum absolute atomic E-state index is 12.3. The summed E-state index contributed by atoms with van der Waals surface area (Å²) < 4.78 is 10.8. The van der Waals surface area contributed by atoms with Crippen molar-refractivity contribution in [3.63, 3.8) is 0 Å². The largest absolute Gasteiger partial charge is 0.456 e. The van der Waals surface area contributed by atoms with Crippen LogP contribution in [-0.2, 0) is 14.3 Å². The lowest BCUT2D eigenvalue weighted by Crippen LogP contribution is -2.52. The predicted molar refractivity (Wildman–Crippen MR) is 111 cm³/mol. The van der Waals surface area contributed by atoms with Crippen LogP contribution in [0.5, 0.6) is 0 Å². The number of halogens is 4. The number of esters is 1. The number of ether oxygens (including phenoxy) is 2. The van der Waals surface area contributed by atoms with E-state index in [1.54, 1.807) is 0 Å². The highest BCUT2D eigenvalue weighted by atomic mass is 79.9. The first-order valence-corrected chi connectivity index (χ1v) is 11.6. The Morgan fingerprint density at radius 2 is 2.00 bits per heavy atom. The van der Waals surface area contributed by atoms with Crippen LogP contribution in [0.2, 0.25) is 0 Å². The summed E-state index contributed by atoms with van der Waals surface area (Å²) in [7, 11) is 0. The van der Waals surface area contributed by atoms with Gasteiger partial charge in [0.25, 0.3) is 5.79 Å². The van der Waals surface area contributed by atoms with E-state index in [9.17, 15) is 4.79 Å². The van der Waals surface area contributed by atoms with Crippen LogP contribution in [0, 0.1) is 23.7 Å². The van der Waals surface area contributed by atoms with Crippen molar-refractivity contribution in [2.45, 2.75) is 68.9 Å². The lowest BCUT2D eigenvalue weighted by Gasteiger charge is -2.48. The maximum atomic E-state index is 12.3. The van der Waals surface area contributed by atoms with Crippen LogP contribution in [0.1, 0.15) is 59.3 Å². The lowest BCUT2D eigenvalue weighted by molar-refractivity contribution is -0.269. The van der Waals surface area contributed by atoms with Crippen molar-refractivity contribution >= 4 is 56.7 Å². The molecule has 0 saturated heterocycles. The normalized spacial score (nSPS) is 30.8. The van der Waals surface area contributed by atoms with E-state index in [0.29, 0.717) is 29.3 Å². The Labute approximate surface area is 180 Å². The Balaban J connectivity index is 2.05. The molecule has 0 aromatic rings. The van der Waals surface area contributed by atoms with Gasteiger partial charge in [0.1, 0.15) is 5.76 Å². The smallest absolute Gasteiger partial charge is 0.337 e. The van der Waals surface area contributed by atoms with Crippen LogP contribution in [-0.4, -0.2) is 20.9 Å². The topological polar surface area (TPSA) is 35.5 Å². The summed E-state index contributed by atoms with van der Waals surface area (Å²) in [5.74, 6) is 0.550. The lowest BCUT2D eigenvalue weighted by atomic mass is 9.72. The molecule has 0 bridgehead atoms. The Morgan fingerprint density at radius 1 is 1.31 bits per heavy atom. The van der Waals surface area contributed by atoms with Gasteiger partial charge in [0.2, 0.25) is 0 Å². The molecule has 3 nitrogen and oxygen atoms in total. The van der Waals surface area contributed by atoms with Gasteiger partial charge in [-0.2, -0.15) is 0 Å². The average Bonchev–Trinajstić information content (AvgIpc) is 2.49. The SMILES string of the molecule is CC(C)[C@@H]1CC[C@@H](C)C[C@]12OC(=O)C=C(CCCC(CBr)C(Cl)(Cl)Cl)O2. The monoisotopic (exact) mass is 488 g/mol. The zero-order chi connectivity index (χ0) is 19.5. The summed E-state index contributed by atoms with van der Waals surface area (Å²) in [6.07, 6.45) is 6.52. The molecule has 7 heteroatoms. The van der Waals surface area contributed by atoms with Gasteiger partial charge in [0.15, 0.2) is 3.79 Å². The van der Waals surface area contributed by atoms with Crippen LogP contribution in [0.3, 0.4) is 0 Å². The maximum Gasteiger partial charge on any atom is 0.337 e. The minimum Gasteiger partial charge on any atom is -0.456 e. The van der Waals surface area contributed by atoms with Gasteiger partial charge in [0, 0.05) is 30.0 Å². The third kappa shape index (κ3) is 5.68. The molecule has 0 radical (unpaired) electrons. The van der Waals surface area contributed by atoms with E-state index in [4.69, 9.17) is 44.3 Å². The number of hydrogen-bond donors (Lipinski definition) is 0. The summed E-state index contributed by atoms with van der Waals surface area (Å²) in [5, 5.41) is 0.613. The van der Waals surface area contributed by atoms with E-state index in [2.05, 4.69) is 36.7 Å². The van der Waals surface area contributed by atoms with Gasteiger partial charge >= 0.3 is 5.97 Å². The molecule has 2 aliphatic rings. The molecule has 0 amide bonds. The summed E-state index contributed by atoms with van der Waals surface area (Å²) in [6, 6.07) is 0. The third-order valence-electron chi connectivity index (χ3n) is 5.45. The van der Waals surface area contributed by atoms with E-state index in [1.165, 1.54) is 6.08 Å². The zero-order valence-electron chi connectivity index (χ0n) is 15.6. The average molecular weight is 491 g/mol. The molecule has 0 aromatic heterocycles. The molecule has 1 saturated carbocycles. The van der Waals surface area contributed by atoms with Crippen LogP contribution >= 0.6 is 50.7 Å². The second-order valence-corrected chi connectivity index (χ2v) is 11.0. The molecule has 150 valence electrons. The zero-order valence-corrected chi connectivity index (χ0v) is 19.4. The summed E-state index contributed by atoms with van der Waals surface area (Å²) in [5.41, 5.74) is 0. The number of alkyl halides is 4. The molecule has 4 atom stereocenters. The van der Waals surface area contributed by atoms with Crippen LogP contribution in [0.15, 0.2) is 11.8 Å². The van der Waals surface area contributed by atoms with Crippen molar-refractivity contribution in [2.75, 3.05) is 5.33 Å². The predicted octanol–water partition coefficient (Wildman–Crippen LogP) is 6.78. The van der Waals surface area contributed by atoms with Crippen molar-refractivity contribution in [1.82, 2.24) is 0 Å². The van der Waals surface area contributed by atoms with Gasteiger partial charge in [-0.25, -0.2) is 4.79 Å². The number of allylic oxidation sites excluding steroid dienone is 1. The third-order valence-corrected chi connectivity index (χ3v) is 7.16. The van der Waals surface area contributed by atoms with E-state index in [1.807, 2.05) is 0 Å². The summed E-state index contributed by atoms with van der Waals surface area (Å²) >= 11 is 21.4. The Hall–Kier alpha value is 0.360.